The highest BCUT2D eigenvalue weighted by molar-refractivity contribution is 6.33. The fraction of sp³-hybridized carbons (Fsp3) is 0.478. The Kier molecular flexibility index (Phi) is 6.36. The van der Waals surface area contributed by atoms with Crippen LogP contribution in [0.2, 0.25) is 5.02 Å². The van der Waals surface area contributed by atoms with Crippen LogP contribution in [0.15, 0.2) is 36.4 Å². The van der Waals surface area contributed by atoms with Gasteiger partial charge in [-0.1, -0.05) is 23.7 Å². The Morgan fingerprint density at radius 1 is 1.03 bits per heavy atom. The van der Waals surface area contributed by atoms with Gasteiger partial charge in [0.05, 0.1) is 24.9 Å². The molecule has 1 atom stereocenters. The Labute approximate surface area is 178 Å². The lowest BCUT2D eigenvalue weighted by Gasteiger charge is -2.37. The third-order valence-corrected chi connectivity index (χ3v) is 6.25. The summed E-state index contributed by atoms with van der Waals surface area (Å²) in [5, 5.41) is 0.835. The van der Waals surface area contributed by atoms with E-state index in [1.54, 1.807) is 14.2 Å². The first-order valence-electron chi connectivity index (χ1n) is 10.3. The molecule has 1 unspecified atom stereocenters. The number of hydrogen-bond donors (Lipinski definition) is 0. The summed E-state index contributed by atoms with van der Waals surface area (Å²) < 4.78 is 17.1. The van der Waals surface area contributed by atoms with Crippen molar-refractivity contribution in [2.45, 2.75) is 25.4 Å². The maximum Gasteiger partial charge on any atom is 0.164 e. The summed E-state index contributed by atoms with van der Waals surface area (Å²) >= 11 is 6.35. The van der Waals surface area contributed by atoms with Crippen molar-refractivity contribution >= 4 is 17.3 Å². The summed E-state index contributed by atoms with van der Waals surface area (Å²) in [6, 6.07) is 12.1. The highest BCUT2D eigenvalue weighted by Gasteiger charge is 2.24. The summed E-state index contributed by atoms with van der Waals surface area (Å²) in [5.74, 6) is 2.43. The molecule has 4 rings (SSSR count). The summed E-state index contributed by atoms with van der Waals surface area (Å²) in [7, 11) is 3.33. The lowest BCUT2D eigenvalue weighted by molar-refractivity contribution is 0.138. The van der Waals surface area contributed by atoms with Gasteiger partial charge in [0.1, 0.15) is 11.9 Å². The minimum atomic E-state index is 0.252. The van der Waals surface area contributed by atoms with E-state index in [2.05, 4.69) is 21.9 Å². The van der Waals surface area contributed by atoms with Crippen LogP contribution in [0.1, 0.15) is 18.4 Å². The Hall–Kier alpha value is -2.11. The van der Waals surface area contributed by atoms with Crippen molar-refractivity contribution in [3.05, 3.63) is 47.0 Å². The predicted octanol–water partition coefficient (Wildman–Crippen LogP) is 4.26. The summed E-state index contributed by atoms with van der Waals surface area (Å²) in [5.41, 5.74) is 2.35. The first-order valence-corrected chi connectivity index (χ1v) is 10.7. The van der Waals surface area contributed by atoms with Crippen LogP contribution in [0.3, 0.4) is 0 Å². The van der Waals surface area contributed by atoms with Crippen molar-refractivity contribution in [1.82, 2.24) is 4.90 Å². The molecule has 2 heterocycles. The average Bonchev–Trinajstić information content (AvgIpc) is 2.77. The van der Waals surface area contributed by atoms with Crippen LogP contribution in [0.5, 0.6) is 17.2 Å². The quantitative estimate of drug-likeness (QED) is 0.702. The van der Waals surface area contributed by atoms with E-state index in [1.807, 2.05) is 24.3 Å². The van der Waals surface area contributed by atoms with E-state index in [9.17, 15) is 0 Å². The summed E-state index contributed by atoms with van der Waals surface area (Å²) in [6.07, 6.45) is 3.35. The number of anilines is 1. The molecule has 1 fully saturated rings. The van der Waals surface area contributed by atoms with Gasteiger partial charge in [0.15, 0.2) is 11.5 Å². The summed E-state index contributed by atoms with van der Waals surface area (Å²) in [4.78, 5) is 4.91. The van der Waals surface area contributed by atoms with E-state index in [0.717, 1.165) is 79.9 Å². The molecule has 5 nitrogen and oxygen atoms in total. The van der Waals surface area contributed by atoms with Crippen LogP contribution in [-0.2, 0) is 6.42 Å². The predicted molar refractivity (Wildman–Crippen MR) is 117 cm³/mol. The Balaban J connectivity index is 1.28. The standard InChI is InChI=1S/C23H29ClN2O3/c1-27-22-15-17-7-8-18(29-21(17)16-23(22)28-2)9-10-25-11-13-26(14-12-25)20-6-4-3-5-19(20)24/h3-6,15-16,18H,7-14H2,1-2H3. The number of piperazine rings is 1. The van der Waals surface area contributed by atoms with Gasteiger partial charge in [-0.3, -0.25) is 4.90 Å². The molecule has 0 amide bonds. The highest BCUT2D eigenvalue weighted by atomic mass is 35.5. The highest BCUT2D eigenvalue weighted by Crippen LogP contribution is 2.38. The lowest BCUT2D eigenvalue weighted by atomic mass is 9.99. The van der Waals surface area contributed by atoms with Gasteiger partial charge in [0.25, 0.3) is 0 Å². The van der Waals surface area contributed by atoms with E-state index in [0.29, 0.717) is 0 Å². The van der Waals surface area contributed by atoms with Gasteiger partial charge in [0.2, 0.25) is 0 Å². The summed E-state index contributed by atoms with van der Waals surface area (Å²) in [6.45, 7) is 5.19. The van der Waals surface area contributed by atoms with Crippen LogP contribution in [-0.4, -0.2) is 57.9 Å². The van der Waals surface area contributed by atoms with E-state index >= 15 is 0 Å². The molecule has 0 N–H and O–H groups in total. The van der Waals surface area contributed by atoms with E-state index in [4.69, 9.17) is 25.8 Å². The molecule has 0 aliphatic carbocycles. The van der Waals surface area contributed by atoms with Gasteiger partial charge in [-0.25, -0.2) is 0 Å². The number of nitrogens with zero attached hydrogens (tertiary/aromatic N) is 2. The molecule has 0 aromatic heterocycles. The fourth-order valence-corrected chi connectivity index (χ4v) is 4.47. The zero-order valence-corrected chi connectivity index (χ0v) is 18.0. The molecule has 0 spiro atoms. The zero-order chi connectivity index (χ0) is 20.2. The van der Waals surface area contributed by atoms with Gasteiger partial charge >= 0.3 is 0 Å². The molecule has 156 valence electrons. The van der Waals surface area contributed by atoms with Gasteiger partial charge in [0, 0.05) is 38.8 Å². The third-order valence-electron chi connectivity index (χ3n) is 5.93. The van der Waals surface area contributed by atoms with Crippen LogP contribution in [0.4, 0.5) is 5.69 Å². The van der Waals surface area contributed by atoms with Crippen LogP contribution < -0.4 is 19.1 Å². The number of benzene rings is 2. The molecule has 6 heteroatoms. The van der Waals surface area contributed by atoms with E-state index in [-0.39, 0.29) is 6.10 Å². The maximum absolute atomic E-state index is 6.35. The van der Waals surface area contributed by atoms with Gasteiger partial charge in [-0.15, -0.1) is 0 Å². The van der Waals surface area contributed by atoms with Crippen molar-refractivity contribution in [1.29, 1.82) is 0 Å². The molecule has 2 aliphatic rings. The van der Waals surface area contributed by atoms with Crippen LogP contribution in [0, 0.1) is 0 Å². The van der Waals surface area contributed by atoms with Gasteiger partial charge < -0.3 is 19.1 Å². The molecule has 2 aromatic rings. The lowest BCUT2D eigenvalue weighted by Crippen LogP contribution is -2.47. The topological polar surface area (TPSA) is 34.2 Å². The number of methoxy groups -OCH3 is 2. The van der Waals surface area contributed by atoms with Crippen molar-refractivity contribution in [2.75, 3.05) is 51.8 Å². The van der Waals surface area contributed by atoms with Crippen molar-refractivity contribution in [2.24, 2.45) is 0 Å². The molecule has 0 radical (unpaired) electrons. The van der Waals surface area contributed by atoms with Crippen molar-refractivity contribution < 1.29 is 14.2 Å². The second kappa shape index (κ2) is 9.14. The number of ether oxygens (including phenoxy) is 3. The normalized spacial score (nSPS) is 19.4. The molecule has 0 bridgehead atoms. The minimum Gasteiger partial charge on any atom is -0.493 e. The molecule has 1 saturated heterocycles. The smallest absolute Gasteiger partial charge is 0.164 e. The number of aryl methyl sites for hydroxylation is 1. The number of fused-ring (bicyclic) bond motifs is 1. The number of para-hydroxylation sites is 1. The third kappa shape index (κ3) is 4.57. The Morgan fingerprint density at radius 3 is 2.48 bits per heavy atom. The molecular formula is C23H29ClN2O3. The number of hydrogen-bond acceptors (Lipinski definition) is 5. The first-order chi connectivity index (χ1) is 14.2. The molecular weight excluding hydrogens is 388 g/mol. The molecule has 2 aromatic carbocycles. The Bertz CT molecular complexity index is 837. The van der Waals surface area contributed by atoms with Crippen LogP contribution in [0.25, 0.3) is 0 Å². The number of halogens is 1. The SMILES string of the molecule is COc1cc2c(cc1OC)OC(CCN1CCN(c3ccccc3Cl)CC1)CC2. The van der Waals surface area contributed by atoms with E-state index in [1.165, 1.54) is 5.56 Å². The minimum absolute atomic E-state index is 0.252. The average molecular weight is 417 g/mol. The van der Waals surface area contributed by atoms with E-state index < -0.39 is 0 Å². The van der Waals surface area contributed by atoms with Crippen LogP contribution >= 0.6 is 11.6 Å². The zero-order valence-electron chi connectivity index (χ0n) is 17.2. The van der Waals surface area contributed by atoms with Gasteiger partial charge in [-0.05, 0) is 43.0 Å². The molecule has 29 heavy (non-hydrogen) atoms. The Morgan fingerprint density at radius 2 is 1.76 bits per heavy atom. The second-order valence-corrected chi connectivity index (χ2v) is 8.07. The number of rotatable bonds is 6. The van der Waals surface area contributed by atoms with Gasteiger partial charge in [-0.2, -0.15) is 0 Å². The largest absolute Gasteiger partial charge is 0.493 e. The maximum atomic E-state index is 6.35. The molecule has 0 saturated carbocycles. The van der Waals surface area contributed by atoms with Crippen molar-refractivity contribution in [3.8, 4) is 17.2 Å². The molecule has 2 aliphatic heterocycles. The second-order valence-electron chi connectivity index (χ2n) is 7.66. The van der Waals surface area contributed by atoms with Crippen molar-refractivity contribution in [3.63, 3.8) is 0 Å². The monoisotopic (exact) mass is 416 g/mol. The fourth-order valence-electron chi connectivity index (χ4n) is 4.21. The first kappa shape index (κ1) is 20.2.